The summed E-state index contributed by atoms with van der Waals surface area (Å²) in [5.41, 5.74) is 10.6. The fourth-order valence-corrected chi connectivity index (χ4v) is 1.84. The normalized spacial score (nSPS) is 9.68. The van der Waals surface area contributed by atoms with E-state index in [1.54, 1.807) is 24.3 Å². The van der Waals surface area contributed by atoms with Gasteiger partial charge in [0.25, 0.3) is 0 Å². The van der Waals surface area contributed by atoms with Crippen LogP contribution in [0.5, 0.6) is 0 Å². The van der Waals surface area contributed by atoms with Gasteiger partial charge in [-0.1, -0.05) is 53.6 Å². The van der Waals surface area contributed by atoms with Crippen molar-refractivity contribution in [3.05, 3.63) is 76.2 Å². The highest BCUT2D eigenvalue weighted by atomic mass is 16.1. The van der Waals surface area contributed by atoms with Crippen LogP contribution < -0.4 is 0 Å². The number of nitrogens with zero attached hydrogens (tertiary/aromatic N) is 3. The molecule has 19 heavy (non-hydrogen) atoms. The minimum absolute atomic E-state index is 0.0545. The van der Waals surface area contributed by atoms with E-state index in [0.717, 1.165) is 5.56 Å². The van der Waals surface area contributed by atoms with E-state index in [2.05, 4.69) is 10.0 Å². The van der Waals surface area contributed by atoms with Crippen molar-refractivity contribution >= 4 is 11.5 Å². The summed E-state index contributed by atoms with van der Waals surface area (Å²) in [6, 6.07) is 16.6. The Bertz CT molecular complexity index is 616. The fraction of sp³-hybridized carbons (Fsp3) is 0.133. The van der Waals surface area contributed by atoms with Crippen LogP contribution in [0.2, 0.25) is 0 Å². The van der Waals surface area contributed by atoms with Crippen molar-refractivity contribution in [1.29, 1.82) is 0 Å². The number of ketones is 1. The third-order valence-corrected chi connectivity index (χ3v) is 2.81. The number of Topliss-reactive ketones (excluding diaryl/α,β-unsaturated/α-hetero) is 1. The zero-order chi connectivity index (χ0) is 13.5. The van der Waals surface area contributed by atoms with E-state index >= 15 is 0 Å². The maximum atomic E-state index is 12.0. The van der Waals surface area contributed by atoms with Crippen molar-refractivity contribution in [3.63, 3.8) is 0 Å². The van der Waals surface area contributed by atoms with Crippen LogP contribution in [0.15, 0.2) is 59.7 Å². The van der Waals surface area contributed by atoms with Crippen LogP contribution in [0.25, 0.3) is 10.4 Å². The van der Waals surface area contributed by atoms with Crippen molar-refractivity contribution in [3.8, 4) is 0 Å². The highest BCUT2D eigenvalue weighted by Crippen LogP contribution is 2.16. The topological polar surface area (TPSA) is 65.8 Å². The van der Waals surface area contributed by atoms with Gasteiger partial charge in [0, 0.05) is 22.6 Å². The van der Waals surface area contributed by atoms with Gasteiger partial charge < -0.3 is 0 Å². The molecular weight excluding hydrogens is 238 g/mol. The lowest BCUT2D eigenvalue weighted by Gasteiger charge is -2.02. The largest absolute Gasteiger partial charge is 0.294 e. The molecule has 0 spiro atoms. The van der Waals surface area contributed by atoms with E-state index in [0.29, 0.717) is 24.1 Å². The molecule has 0 amide bonds. The number of benzene rings is 2. The summed E-state index contributed by atoms with van der Waals surface area (Å²) in [7, 11) is 0. The van der Waals surface area contributed by atoms with Crippen molar-refractivity contribution < 1.29 is 4.79 Å². The van der Waals surface area contributed by atoms with Crippen molar-refractivity contribution in [2.45, 2.75) is 12.8 Å². The van der Waals surface area contributed by atoms with Crippen LogP contribution in [0.1, 0.15) is 22.3 Å². The number of aryl methyl sites for hydroxylation is 1. The fourth-order valence-electron chi connectivity index (χ4n) is 1.84. The Morgan fingerprint density at radius 3 is 2.63 bits per heavy atom. The Kier molecular flexibility index (Phi) is 4.32. The van der Waals surface area contributed by atoms with E-state index in [4.69, 9.17) is 5.53 Å². The monoisotopic (exact) mass is 251 g/mol. The van der Waals surface area contributed by atoms with Crippen LogP contribution in [-0.4, -0.2) is 5.78 Å². The predicted octanol–water partition coefficient (Wildman–Crippen LogP) is 4.44. The first-order valence-electron chi connectivity index (χ1n) is 6.02. The third kappa shape index (κ3) is 3.69. The van der Waals surface area contributed by atoms with Crippen LogP contribution in [0.4, 0.5) is 5.69 Å². The molecule has 0 saturated heterocycles. The van der Waals surface area contributed by atoms with Gasteiger partial charge >= 0.3 is 0 Å². The van der Waals surface area contributed by atoms with Gasteiger partial charge in [0.1, 0.15) is 0 Å². The first-order chi connectivity index (χ1) is 9.29. The maximum Gasteiger partial charge on any atom is 0.163 e. The maximum absolute atomic E-state index is 12.0. The van der Waals surface area contributed by atoms with Gasteiger partial charge in [0.15, 0.2) is 5.78 Å². The number of carbonyl (C=O) groups excluding carboxylic acids is 1. The molecule has 0 aliphatic heterocycles. The molecule has 0 bridgehead atoms. The van der Waals surface area contributed by atoms with Gasteiger partial charge in [-0.15, -0.1) is 0 Å². The van der Waals surface area contributed by atoms with Crippen molar-refractivity contribution in [2.24, 2.45) is 5.11 Å². The quantitative estimate of drug-likeness (QED) is 0.335. The molecule has 0 aliphatic rings. The van der Waals surface area contributed by atoms with E-state index in [1.807, 2.05) is 30.3 Å². The smallest absolute Gasteiger partial charge is 0.163 e. The summed E-state index contributed by atoms with van der Waals surface area (Å²) < 4.78 is 0. The molecule has 0 unspecified atom stereocenters. The number of hydrogen-bond acceptors (Lipinski definition) is 2. The Labute approximate surface area is 111 Å². The first kappa shape index (κ1) is 12.9. The standard InChI is InChI=1S/C15H13N3O/c16-18-17-14-8-4-7-13(11-14)15(19)10-9-12-5-2-1-3-6-12/h1-8,11H,9-10H2. The molecule has 0 saturated carbocycles. The van der Waals surface area contributed by atoms with Gasteiger partial charge in [-0.3, -0.25) is 4.79 Å². The minimum Gasteiger partial charge on any atom is -0.294 e. The van der Waals surface area contributed by atoms with Gasteiger partial charge in [-0.25, -0.2) is 0 Å². The average molecular weight is 251 g/mol. The molecule has 0 aromatic heterocycles. The summed E-state index contributed by atoms with van der Waals surface area (Å²) in [5, 5.41) is 3.50. The summed E-state index contributed by atoms with van der Waals surface area (Å²) in [4.78, 5) is 14.8. The van der Waals surface area contributed by atoms with Crippen LogP contribution in [-0.2, 0) is 6.42 Å². The summed E-state index contributed by atoms with van der Waals surface area (Å²) in [5.74, 6) is 0.0545. The van der Waals surface area contributed by atoms with Crippen molar-refractivity contribution in [1.82, 2.24) is 0 Å². The molecule has 0 N–H and O–H groups in total. The van der Waals surface area contributed by atoms with E-state index < -0.39 is 0 Å². The zero-order valence-electron chi connectivity index (χ0n) is 10.4. The lowest BCUT2D eigenvalue weighted by molar-refractivity contribution is 0.0983. The Hall–Kier alpha value is -2.58. The molecule has 2 aromatic carbocycles. The molecule has 0 heterocycles. The van der Waals surface area contributed by atoms with E-state index in [9.17, 15) is 4.79 Å². The summed E-state index contributed by atoms with van der Waals surface area (Å²) in [6.45, 7) is 0. The lowest BCUT2D eigenvalue weighted by Crippen LogP contribution is -2.00. The van der Waals surface area contributed by atoms with Crippen LogP contribution >= 0.6 is 0 Å². The number of rotatable bonds is 5. The van der Waals surface area contributed by atoms with Gasteiger partial charge in [-0.2, -0.15) is 0 Å². The molecule has 0 fully saturated rings. The average Bonchev–Trinajstić information content (AvgIpc) is 2.46. The molecule has 0 atom stereocenters. The van der Waals surface area contributed by atoms with Crippen LogP contribution in [0.3, 0.4) is 0 Å². The molecule has 0 radical (unpaired) electrons. The van der Waals surface area contributed by atoms with Gasteiger partial charge in [0.05, 0.1) is 0 Å². The zero-order valence-corrected chi connectivity index (χ0v) is 10.4. The summed E-state index contributed by atoms with van der Waals surface area (Å²) in [6.07, 6.45) is 1.16. The minimum atomic E-state index is 0.0545. The molecule has 94 valence electrons. The molecule has 0 aliphatic carbocycles. The Morgan fingerprint density at radius 2 is 1.89 bits per heavy atom. The Morgan fingerprint density at radius 1 is 1.11 bits per heavy atom. The number of azide groups is 1. The van der Waals surface area contributed by atoms with Gasteiger partial charge in [0.2, 0.25) is 0 Å². The first-order valence-corrected chi connectivity index (χ1v) is 6.02. The SMILES string of the molecule is [N-]=[N+]=Nc1cccc(C(=O)CCc2ccccc2)c1. The second kappa shape index (κ2) is 6.38. The van der Waals surface area contributed by atoms with E-state index in [1.165, 1.54) is 0 Å². The van der Waals surface area contributed by atoms with Gasteiger partial charge in [-0.05, 0) is 23.6 Å². The number of carbonyl (C=O) groups is 1. The molecule has 4 heteroatoms. The van der Waals surface area contributed by atoms with E-state index in [-0.39, 0.29) is 5.78 Å². The summed E-state index contributed by atoms with van der Waals surface area (Å²) >= 11 is 0. The third-order valence-electron chi connectivity index (χ3n) is 2.81. The lowest BCUT2D eigenvalue weighted by atomic mass is 10.0. The molecular formula is C15H13N3O. The highest BCUT2D eigenvalue weighted by molar-refractivity contribution is 5.96. The molecule has 4 nitrogen and oxygen atoms in total. The second-order valence-electron chi connectivity index (χ2n) is 4.15. The molecule has 2 rings (SSSR count). The predicted molar refractivity (Wildman–Crippen MR) is 74.3 cm³/mol. The molecule has 2 aromatic rings. The second-order valence-corrected chi connectivity index (χ2v) is 4.15. The Balaban J connectivity index is 2.04. The highest BCUT2D eigenvalue weighted by Gasteiger charge is 2.06. The number of hydrogen-bond donors (Lipinski definition) is 0. The van der Waals surface area contributed by atoms with Crippen LogP contribution in [0, 0.1) is 0 Å². The van der Waals surface area contributed by atoms with Crippen molar-refractivity contribution in [2.75, 3.05) is 0 Å².